The number of hydrogen-bond donors (Lipinski definition) is 0. The summed E-state index contributed by atoms with van der Waals surface area (Å²) < 4.78 is 15.7. The third-order valence-corrected chi connectivity index (χ3v) is 2.92. The molecule has 0 aliphatic carbocycles. The normalized spacial score (nSPS) is 11.6. The van der Waals surface area contributed by atoms with Gasteiger partial charge in [-0.3, -0.25) is 0 Å². The second-order valence-electron chi connectivity index (χ2n) is 4.13. The van der Waals surface area contributed by atoms with Gasteiger partial charge in [-0.1, -0.05) is 13.5 Å². The molecule has 0 aliphatic heterocycles. The standard InChI is InChI=1S/C15H20O4/c1-6-10(2)11(3)19-14-9-12(15(16)18-5)7-8-13(14)17-4/h7-9,11H,2,6H2,1,3-5H3. The van der Waals surface area contributed by atoms with Gasteiger partial charge in [0.25, 0.3) is 0 Å². The summed E-state index contributed by atoms with van der Waals surface area (Å²) in [5.74, 6) is 0.672. The Labute approximate surface area is 114 Å². The molecule has 1 atom stereocenters. The molecule has 4 nitrogen and oxygen atoms in total. The van der Waals surface area contributed by atoms with Crippen molar-refractivity contribution in [1.29, 1.82) is 0 Å². The summed E-state index contributed by atoms with van der Waals surface area (Å²) in [5, 5.41) is 0. The summed E-state index contributed by atoms with van der Waals surface area (Å²) >= 11 is 0. The zero-order chi connectivity index (χ0) is 14.4. The lowest BCUT2D eigenvalue weighted by Crippen LogP contribution is -2.15. The number of rotatable bonds is 6. The average molecular weight is 264 g/mol. The van der Waals surface area contributed by atoms with Gasteiger partial charge >= 0.3 is 5.97 Å². The Bertz CT molecular complexity index is 465. The van der Waals surface area contributed by atoms with Gasteiger partial charge in [0.15, 0.2) is 11.5 Å². The van der Waals surface area contributed by atoms with Crippen LogP contribution in [-0.2, 0) is 4.74 Å². The molecule has 104 valence electrons. The second-order valence-corrected chi connectivity index (χ2v) is 4.13. The smallest absolute Gasteiger partial charge is 0.337 e. The summed E-state index contributed by atoms with van der Waals surface area (Å²) in [7, 11) is 2.90. The van der Waals surface area contributed by atoms with Crippen LogP contribution in [-0.4, -0.2) is 26.3 Å². The number of benzene rings is 1. The van der Waals surface area contributed by atoms with Crippen LogP contribution < -0.4 is 9.47 Å². The second kappa shape index (κ2) is 6.83. The van der Waals surface area contributed by atoms with Crippen LogP contribution in [0.3, 0.4) is 0 Å². The Morgan fingerprint density at radius 3 is 2.53 bits per heavy atom. The molecule has 1 aromatic carbocycles. The van der Waals surface area contributed by atoms with Crippen molar-refractivity contribution < 1.29 is 19.0 Å². The van der Waals surface area contributed by atoms with Crippen LogP contribution in [0.4, 0.5) is 0 Å². The van der Waals surface area contributed by atoms with Crippen LogP contribution in [0.25, 0.3) is 0 Å². The molecule has 1 rings (SSSR count). The maximum Gasteiger partial charge on any atom is 0.337 e. The number of hydrogen-bond acceptors (Lipinski definition) is 4. The van der Waals surface area contributed by atoms with Gasteiger partial charge in [0.1, 0.15) is 6.10 Å². The lowest BCUT2D eigenvalue weighted by Gasteiger charge is -2.18. The Balaban J connectivity index is 3.02. The minimum Gasteiger partial charge on any atom is -0.493 e. The first-order valence-electron chi connectivity index (χ1n) is 6.14. The van der Waals surface area contributed by atoms with E-state index in [1.807, 2.05) is 13.8 Å². The van der Waals surface area contributed by atoms with Gasteiger partial charge in [-0.2, -0.15) is 0 Å². The van der Waals surface area contributed by atoms with E-state index in [-0.39, 0.29) is 6.10 Å². The highest BCUT2D eigenvalue weighted by Gasteiger charge is 2.14. The van der Waals surface area contributed by atoms with Crippen molar-refractivity contribution >= 4 is 5.97 Å². The molecule has 19 heavy (non-hydrogen) atoms. The topological polar surface area (TPSA) is 44.8 Å². The predicted molar refractivity (Wildman–Crippen MR) is 73.9 cm³/mol. The van der Waals surface area contributed by atoms with E-state index in [4.69, 9.17) is 9.47 Å². The van der Waals surface area contributed by atoms with Crippen molar-refractivity contribution in [3.05, 3.63) is 35.9 Å². The van der Waals surface area contributed by atoms with Crippen LogP contribution in [0.1, 0.15) is 30.6 Å². The van der Waals surface area contributed by atoms with Crippen LogP contribution in [0.15, 0.2) is 30.4 Å². The van der Waals surface area contributed by atoms with Gasteiger partial charge in [-0.25, -0.2) is 4.79 Å². The number of carbonyl (C=O) groups is 1. The lowest BCUT2D eigenvalue weighted by atomic mass is 10.1. The van der Waals surface area contributed by atoms with Crippen LogP contribution in [0.5, 0.6) is 11.5 Å². The van der Waals surface area contributed by atoms with Gasteiger partial charge in [0.05, 0.1) is 19.8 Å². The molecule has 4 heteroatoms. The Kier molecular flexibility index (Phi) is 5.42. The number of methoxy groups -OCH3 is 2. The molecule has 0 radical (unpaired) electrons. The number of ether oxygens (including phenoxy) is 3. The Hall–Kier alpha value is -1.97. The molecule has 0 heterocycles. The molecular weight excluding hydrogens is 244 g/mol. The minimum atomic E-state index is -0.408. The van der Waals surface area contributed by atoms with Crippen LogP contribution in [0.2, 0.25) is 0 Å². The molecule has 0 fully saturated rings. The summed E-state index contributed by atoms with van der Waals surface area (Å²) in [6, 6.07) is 4.93. The molecule has 0 N–H and O–H groups in total. The van der Waals surface area contributed by atoms with Crippen molar-refractivity contribution in [1.82, 2.24) is 0 Å². The molecule has 0 aliphatic rings. The highest BCUT2D eigenvalue weighted by molar-refractivity contribution is 5.90. The number of esters is 1. The summed E-state index contributed by atoms with van der Waals surface area (Å²) in [6.45, 7) is 7.87. The van der Waals surface area contributed by atoms with E-state index in [1.165, 1.54) is 7.11 Å². The Morgan fingerprint density at radius 1 is 1.32 bits per heavy atom. The SMILES string of the molecule is C=C(CC)C(C)Oc1cc(C(=O)OC)ccc1OC. The fourth-order valence-electron chi connectivity index (χ4n) is 1.57. The zero-order valence-corrected chi connectivity index (χ0v) is 11.9. The monoisotopic (exact) mass is 264 g/mol. The fraction of sp³-hybridized carbons (Fsp3) is 0.400. The van der Waals surface area contributed by atoms with Gasteiger partial charge in [-0.05, 0) is 37.1 Å². The van der Waals surface area contributed by atoms with Crippen molar-refractivity contribution in [2.45, 2.75) is 26.4 Å². The molecule has 1 unspecified atom stereocenters. The predicted octanol–water partition coefficient (Wildman–Crippen LogP) is 3.22. The average Bonchev–Trinajstić information content (AvgIpc) is 2.45. The van der Waals surface area contributed by atoms with E-state index < -0.39 is 5.97 Å². The van der Waals surface area contributed by atoms with E-state index in [2.05, 4.69) is 11.3 Å². The van der Waals surface area contributed by atoms with Crippen molar-refractivity contribution in [2.24, 2.45) is 0 Å². The maximum absolute atomic E-state index is 11.5. The number of carbonyl (C=O) groups excluding carboxylic acids is 1. The molecule has 0 bridgehead atoms. The lowest BCUT2D eigenvalue weighted by molar-refractivity contribution is 0.0600. The molecule has 0 amide bonds. The quantitative estimate of drug-likeness (QED) is 0.584. The Morgan fingerprint density at radius 2 is 2.00 bits per heavy atom. The minimum absolute atomic E-state index is 0.146. The summed E-state index contributed by atoms with van der Waals surface area (Å²) in [6.07, 6.45) is 0.687. The van der Waals surface area contributed by atoms with E-state index >= 15 is 0 Å². The first-order valence-corrected chi connectivity index (χ1v) is 6.14. The molecule has 1 aromatic rings. The first kappa shape index (κ1) is 15.1. The zero-order valence-electron chi connectivity index (χ0n) is 11.9. The van der Waals surface area contributed by atoms with E-state index in [0.29, 0.717) is 17.1 Å². The summed E-state index contributed by atoms with van der Waals surface area (Å²) in [5.41, 5.74) is 1.40. The van der Waals surface area contributed by atoms with Crippen molar-refractivity contribution in [3.63, 3.8) is 0 Å². The first-order chi connectivity index (χ1) is 9.03. The van der Waals surface area contributed by atoms with Gasteiger partial charge in [-0.15, -0.1) is 0 Å². The van der Waals surface area contributed by atoms with E-state index in [1.54, 1.807) is 25.3 Å². The van der Waals surface area contributed by atoms with E-state index in [9.17, 15) is 4.79 Å². The van der Waals surface area contributed by atoms with Crippen molar-refractivity contribution in [2.75, 3.05) is 14.2 Å². The largest absolute Gasteiger partial charge is 0.493 e. The van der Waals surface area contributed by atoms with E-state index in [0.717, 1.165) is 12.0 Å². The summed E-state index contributed by atoms with van der Waals surface area (Å²) in [4.78, 5) is 11.5. The van der Waals surface area contributed by atoms with Gasteiger partial charge in [0.2, 0.25) is 0 Å². The maximum atomic E-state index is 11.5. The molecule has 0 saturated heterocycles. The highest BCUT2D eigenvalue weighted by Crippen LogP contribution is 2.30. The van der Waals surface area contributed by atoms with Gasteiger partial charge in [0, 0.05) is 0 Å². The molecule has 0 aromatic heterocycles. The molecular formula is C15H20O4. The fourth-order valence-corrected chi connectivity index (χ4v) is 1.57. The molecule has 0 spiro atoms. The van der Waals surface area contributed by atoms with Crippen molar-refractivity contribution in [3.8, 4) is 11.5 Å². The van der Waals surface area contributed by atoms with Crippen LogP contribution >= 0.6 is 0 Å². The third-order valence-electron chi connectivity index (χ3n) is 2.92. The van der Waals surface area contributed by atoms with Crippen LogP contribution in [0, 0.1) is 0 Å². The molecule has 0 saturated carbocycles. The highest BCUT2D eigenvalue weighted by atomic mass is 16.5. The third kappa shape index (κ3) is 3.74. The van der Waals surface area contributed by atoms with Gasteiger partial charge < -0.3 is 14.2 Å².